The quantitative estimate of drug-likeness (QED) is 0.821. The maximum Gasteiger partial charge on any atom is 0.225 e. The van der Waals surface area contributed by atoms with Crippen LogP contribution in [0, 0.1) is 0 Å². The second-order valence-corrected chi connectivity index (χ2v) is 5.05. The summed E-state index contributed by atoms with van der Waals surface area (Å²) in [7, 11) is 5.06. The Morgan fingerprint density at radius 3 is 2.60 bits per heavy atom. The molecule has 0 heterocycles. The molecule has 1 atom stereocenters. The Hall–Kier alpha value is -1.75. The minimum Gasteiger partial charge on any atom is -0.493 e. The van der Waals surface area contributed by atoms with Crippen molar-refractivity contribution in [1.29, 1.82) is 0 Å². The number of nitrogens with zero attached hydrogens (tertiary/aromatic N) is 1. The van der Waals surface area contributed by atoms with E-state index in [1.807, 2.05) is 25.1 Å². The van der Waals surface area contributed by atoms with Gasteiger partial charge in [0.25, 0.3) is 0 Å². The molecule has 1 aromatic carbocycles. The van der Waals surface area contributed by atoms with Crippen molar-refractivity contribution in [1.82, 2.24) is 4.90 Å². The van der Waals surface area contributed by atoms with Crippen LogP contribution in [0.5, 0.6) is 11.5 Å². The van der Waals surface area contributed by atoms with E-state index in [9.17, 15) is 4.79 Å². The molecule has 0 aliphatic heterocycles. The summed E-state index contributed by atoms with van der Waals surface area (Å²) in [5.41, 5.74) is 6.89. The second kappa shape index (κ2) is 7.75. The molecule has 0 aliphatic carbocycles. The van der Waals surface area contributed by atoms with Crippen molar-refractivity contribution in [3.63, 3.8) is 0 Å². The number of rotatable bonds is 7. The lowest BCUT2D eigenvalue weighted by Gasteiger charge is -2.14. The first-order chi connectivity index (χ1) is 9.43. The van der Waals surface area contributed by atoms with Gasteiger partial charge in [-0.25, -0.2) is 0 Å². The van der Waals surface area contributed by atoms with Crippen LogP contribution in [0.4, 0.5) is 0 Å². The zero-order valence-corrected chi connectivity index (χ0v) is 12.7. The highest BCUT2D eigenvalue weighted by atomic mass is 16.5. The van der Waals surface area contributed by atoms with Crippen LogP contribution in [0.2, 0.25) is 0 Å². The predicted octanol–water partition coefficient (Wildman–Crippen LogP) is 1.44. The van der Waals surface area contributed by atoms with E-state index in [1.54, 1.807) is 26.1 Å². The standard InChI is InChI=1S/C15H24N2O3/c1-11(16)9-12-5-6-13(14(10-12)19-4)20-8-7-15(18)17(2)3/h5-6,10-11H,7-9,16H2,1-4H3. The fourth-order valence-corrected chi connectivity index (χ4v) is 1.80. The van der Waals surface area contributed by atoms with Gasteiger partial charge in [0.15, 0.2) is 11.5 Å². The lowest BCUT2D eigenvalue weighted by molar-refractivity contribution is -0.129. The summed E-state index contributed by atoms with van der Waals surface area (Å²) in [5.74, 6) is 1.35. The summed E-state index contributed by atoms with van der Waals surface area (Å²) >= 11 is 0. The first-order valence-electron chi connectivity index (χ1n) is 6.69. The van der Waals surface area contributed by atoms with Gasteiger partial charge in [-0.2, -0.15) is 0 Å². The Morgan fingerprint density at radius 1 is 1.35 bits per heavy atom. The maximum atomic E-state index is 11.5. The molecule has 1 rings (SSSR count). The van der Waals surface area contributed by atoms with E-state index < -0.39 is 0 Å². The molecule has 1 aromatic rings. The molecule has 2 N–H and O–H groups in total. The molecule has 0 bridgehead atoms. The highest BCUT2D eigenvalue weighted by Gasteiger charge is 2.09. The topological polar surface area (TPSA) is 64.8 Å². The van der Waals surface area contributed by atoms with Crippen LogP contribution in [-0.4, -0.2) is 44.7 Å². The minimum atomic E-state index is 0.0394. The van der Waals surface area contributed by atoms with Gasteiger partial charge in [0.2, 0.25) is 5.91 Å². The van der Waals surface area contributed by atoms with E-state index in [4.69, 9.17) is 15.2 Å². The number of carbonyl (C=O) groups excluding carboxylic acids is 1. The summed E-state index contributed by atoms with van der Waals surface area (Å²) in [4.78, 5) is 13.0. The SMILES string of the molecule is COc1cc(CC(C)N)ccc1OCCC(=O)N(C)C. The predicted molar refractivity (Wildman–Crippen MR) is 79.2 cm³/mol. The summed E-state index contributed by atoms with van der Waals surface area (Å²) in [5, 5.41) is 0. The molecule has 5 heteroatoms. The van der Waals surface area contributed by atoms with Crippen molar-refractivity contribution in [2.45, 2.75) is 25.8 Å². The maximum absolute atomic E-state index is 11.5. The molecule has 5 nitrogen and oxygen atoms in total. The monoisotopic (exact) mass is 280 g/mol. The van der Waals surface area contributed by atoms with Gasteiger partial charge in [-0.05, 0) is 31.0 Å². The van der Waals surface area contributed by atoms with Crippen LogP contribution in [0.25, 0.3) is 0 Å². The summed E-state index contributed by atoms with van der Waals surface area (Å²) in [6.45, 7) is 2.30. The third kappa shape index (κ3) is 5.09. The first-order valence-corrected chi connectivity index (χ1v) is 6.69. The lowest BCUT2D eigenvalue weighted by Crippen LogP contribution is -2.23. The Kier molecular flexibility index (Phi) is 6.31. The zero-order chi connectivity index (χ0) is 15.1. The van der Waals surface area contributed by atoms with Crippen LogP contribution in [-0.2, 0) is 11.2 Å². The normalized spacial score (nSPS) is 11.8. The Bertz CT molecular complexity index is 445. The van der Waals surface area contributed by atoms with E-state index in [2.05, 4.69) is 0 Å². The highest BCUT2D eigenvalue weighted by Crippen LogP contribution is 2.28. The van der Waals surface area contributed by atoms with Crippen molar-refractivity contribution in [3.8, 4) is 11.5 Å². The van der Waals surface area contributed by atoms with Gasteiger partial charge in [-0.3, -0.25) is 4.79 Å². The number of amides is 1. The lowest BCUT2D eigenvalue weighted by atomic mass is 10.1. The van der Waals surface area contributed by atoms with E-state index in [0.29, 0.717) is 24.5 Å². The average Bonchev–Trinajstić information content (AvgIpc) is 2.39. The summed E-state index contributed by atoms with van der Waals surface area (Å²) < 4.78 is 10.9. The van der Waals surface area contributed by atoms with Crippen LogP contribution >= 0.6 is 0 Å². The molecule has 0 fully saturated rings. The number of hydrogen-bond donors (Lipinski definition) is 1. The minimum absolute atomic E-state index is 0.0394. The Balaban J connectivity index is 2.63. The smallest absolute Gasteiger partial charge is 0.225 e. The Morgan fingerprint density at radius 2 is 2.05 bits per heavy atom. The van der Waals surface area contributed by atoms with Crippen LogP contribution in [0.1, 0.15) is 18.9 Å². The molecule has 0 aromatic heterocycles. The third-order valence-corrected chi connectivity index (χ3v) is 2.86. The van der Waals surface area contributed by atoms with E-state index in [0.717, 1.165) is 12.0 Å². The number of benzene rings is 1. The largest absolute Gasteiger partial charge is 0.493 e. The van der Waals surface area contributed by atoms with Gasteiger partial charge in [0.1, 0.15) is 0 Å². The van der Waals surface area contributed by atoms with Gasteiger partial charge in [0.05, 0.1) is 20.1 Å². The zero-order valence-electron chi connectivity index (χ0n) is 12.7. The molecule has 20 heavy (non-hydrogen) atoms. The van der Waals surface area contributed by atoms with Crippen molar-refractivity contribution in [2.24, 2.45) is 5.73 Å². The fraction of sp³-hybridized carbons (Fsp3) is 0.533. The van der Waals surface area contributed by atoms with Crippen LogP contribution in [0.3, 0.4) is 0 Å². The summed E-state index contributed by atoms with van der Waals surface area (Å²) in [6, 6.07) is 5.85. The second-order valence-electron chi connectivity index (χ2n) is 5.05. The molecule has 1 amide bonds. The van der Waals surface area contributed by atoms with Crippen LogP contribution in [0.15, 0.2) is 18.2 Å². The van der Waals surface area contributed by atoms with Crippen molar-refractivity contribution < 1.29 is 14.3 Å². The van der Waals surface area contributed by atoms with E-state index >= 15 is 0 Å². The van der Waals surface area contributed by atoms with Gasteiger partial charge >= 0.3 is 0 Å². The third-order valence-electron chi connectivity index (χ3n) is 2.86. The molecule has 0 spiro atoms. The molecule has 0 saturated heterocycles. The number of nitrogens with two attached hydrogens (primary N) is 1. The van der Waals surface area contributed by atoms with Gasteiger partial charge < -0.3 is 20.1 Å². The van der Waals surface area contributed by atoms with Gasteiger partial charge in [0, 0.05) is 20.1 Å². The molecule has 0 saturated carbocycles. The molecule has 112 valence electrons. The van der Waals surface area contributed by atoms with E-state index in [1.165, 1.54) is 0 Å². The highest BCUT2D eigenvalue weighted by molar-refractivity contribution is 5.75. The molecular weight excluding hydrogens is 256 g/mol. The van der Waals surface area contributed by atoms with Gasteiger partial charge in [-0.1, -0.05) is 6.07 Å². The molecule has 0 aliphatic rings. The molecule has 1 unspecified atom stereocenters. The van der Waals surface area contributed by atoms with E-state index in [-0.39, 0.29) is 11.9 Å². The number of carbonyl (C=O) groups is 1. The first kappa shape index (κ1) is 16.3. The number of hydrogen-bond acceptors (Lipinski definition) is 4. The van der Waals surface area contributed by atoms with Crippen molar-refractivity contribution in [3.05, 3.63) is 23.8 Å². The number of ether oxygens (including phenoxy) is 2. The van der Waals surface area contributed by atoms with Crippen molar-refractivity contribution in [2.75, 3.05) is 27.8 Å². The van der Waals surface area contributed by atoms with Crippen molar-refractivity contribution >= 4 is 5.91 Å². The Labute approximate surface area is 120 Å². The molecular formula is C15H24N2O3. The average molecular weight is 280 g/mol. The number of methoxy groups -OCH3 is 1. The van der Waals surface area contributed by atoms with Crippen LogP contribution < -0.4 is 15.2 Å². The molecule has 0 radical (unpaired) electrons. The van der Waals surface area contributed by atoms with Gasteiger partial charge in [-0.15, -0.1) is 0 Å². The summed E-state index contributed by atoms with van der Waals surface area (Å²) in [6.07, 6.45) is 1.13. The fourth-order valence-electron chi connectivity index (χ4n) is 1.80.